The van der Waals surface area contributed by atoms with Crippen molar-refractivity contribution in [2.75, 3.05) is 5.32 Å². The normalized spacial score (nSPS) is 11.5. The number of aromatic nitrogens is 2. The summed E-state index contributed by atoms with van der Waals surface area (Å²) >= 11 is 5.89. The summed E-state index contributed by atoms with van der Waals surface area (Å²) in [6, 6.07) is 16.2. The Morgan fingerprint density at radius 3 is 2.53 bits per heavy atom. The summed E-state index contributed by atoms with van der Waals surface area (Å²) in [7, 11) is -4.17. The molecule has 2 aromatic carbocycles. The van der Waals surface area contributed by atoms with Crippen molar-refractivity contribution in [1.29, 1.82) is 0 Å². The van der Waals surface area contributed by atoms with E-state index >= 15 is 0 Å². The second-order valence-electron chi connectivity index (χ2n) is 7.83. The number of halogens is 1. The van der Waals surface area contributed by atoms with E-state index in [-0.39, 0.29) is 28.4 Å². The van der Waals surface area contributed by atoms with Crippen molar-refractivity contribution in [3.8, 4) is 0 Å². The Balaban J connectivity index is 1.80. The van der Waals surface area contributed by atoms with E-state index in [0.717, 1.165) is 12.0 Å². The highest BCUT2D eigenvalue weighted by Crippen LogP contribution is 2.22. The van der Waals surface area contributed by atoms with Crippen molar-refractivity contribution >= 4 is 44.1 Å². The maximum atomic E-state index is 13.3. The lowest BCUT2D eigenvalue weighted by Crippen LogP contribution is -2.24. The third-order valence-electron chi connectivity index (χ3n) is 5.37. The van der Waals surface area contributed by atoms with Gasteiger partial charge in [-0.25, -0.2) is 13.4 Å². The molecular weight excluding hydrogens is 474 g/mol. The quantitative estimate of drug-likeness (QED) is 0.427. The summed E-state index contributed by atoms with van der Waals surface area (Å²) in [5, 5.41) is 3.31. The number of carbonyl (C=O) groups is 1. The van der Waals surface area contributed by atoms with Gasteiger partial charge >= 0.3 is 0 Å². The van der Waals surface area contributed by atoms with E-state index in [1.54, 1.807) is 19.1 Å². The van der Waals surface area contributed by atoms with Gasteiger partial charge in [-0.05, 0) is 67.4 Å². The van der Waals surface area contributed by atoms with Crippen molar-refractivity contribution < 1.29 is 13.2 Å². The highest BCUT2D eigenvalue weighted by atomic mass is 35.5. The summed E-state index contributed by atoms with van der Waals surface area (Å²) < 4.78 is 28.0. The van der Waals surface area contributed by atoms with Crippen LogP contribution in [0.4, 0.5) is 5.69 Å². The predicted molar refractivity (Wildman–Crippen MR) is 132 cm³/mol. The number of sulfone groups is 1. The van der Waals surface area contributed by atoms with Crippen LogP contribution in [0.3, 0.4) is 0 Å². The third kappa shape index (κ3) is 4.73. The van der Waals surface area contributed by atoms with Gasteiger partial charge < -0.3 is 9.88 Å². The van der Waals surface area contributed by atoms with Gasteiger partial charge in [-0.2, -0.15) is 0 Å². The van der Waals surface area contributed by atoms with Gasteiger partial charge in [0, 0.05) is 22.6 Å². The van der Waals surface area contributed by atoms with E-state index < -0.39 is 20.2 Å². The lowest BCUT2D eigenvalue weighted by atomic mass is 10.1. The molecule has 0 bridgehead atoms. The van der Waals surface area contributed by atoms with Gasteiger partial charge in [-0.3, -0.25) is 9.59 Å². The van der Waals surface area contributed by atoms with Crippen molar-refractivity contribution in [3.05, 3.63) is 93.4 Å². The number of aryl methyl sites for hydroxylation is 2. The number of amides is 1. The smallest absolute Gasteiger partial charge is 0.244 e. The average molecular weight is 496 g/mol. The van der Waals surface area contributed by atoms with E-state index in [4.69, 9.17) is 11.6 Å². The molecule has 1 N–H and O–H groups in total. The van der Waals surface area contributed by atoms with Gasteiger partial charge in [0.25, 0.3) is 0 Å². The molecule has 0 aliphatic heterocycles. The molecule has 0 radical (unpaired) electrons. The molecule has 34 heavy (non-hydrogen) atoms. The Bertz CT molecular complexity index is 1560. The Morgan fingerprint density at radius 2 is 1.82 bits per heavy atom. The Morgan fingerprint density at radius 1 is 1.09 bits per heavy atom. The van der Waals surface area contributed by atoms with E-state index in [1.165, 1.54) is 41.1 Å². The number of nitrogens with zero attached hydrogens (tertiary/aromatic N) is 2. The molecule has 0 saturated heterocycles. The molecule has 4 aromatic rings. The molecule has 0 aliphatic carbocycles. The molecule has 174 valence electrons. The molecule has 7 nitrogen and oxygen atoms in total. The van der Waals surface area contributed by atoms with Gasteiger partial charge in [0.15, 0.2) is 0 Å². The lowest BCUT2D eigenvalue weighted by molar-refractivity contribution is -0.116. The molecule has 0 saturated carbocycles. The third-order valence-corrected chi connectivity index (χ3v) is 7.39. The van der Waals surface area contributed by atoms with E-state index in [1.807, 2.05) is 25.1 Å². The Hall–Kier alpha value is -3.49. The van der Waals surface area contributed by atoms with Crippen LogP contribution in [0, 0.1) is 6.92 Å². The van der Waals surface area contributed by atoms with E-state index in [9.17, 15) is 18.0 Å². The SMILES string of the molecule is CCc1cccc(NC(=O)Cn2cc(S(=O)(=O)c3ccc(Cl)cc3)c(=O)c3ccc(C)nc32)c1. The van der Waals surface area contributed by atoms with Gasteiger partial charge in [0.1, 0.15) is 17.1 Å². The number of benzene rings is 2. The van der Waals surface area contributed by atoms with Crippen molar-refractivity contribution in [2.45, 2.75) is 36.6 Å². The fourth-order valence-corrected chi connectivity index (χ4v) is 5.10. The van der Waals surface area contributed by atoms with Crippen LogP contribution in [0.25, 0.3) is 11.0 Å². The standard InChI is InChI=1S/C25H22ClN3O4S/c1-3-17-5-4-6-19(13-17)28-23(30)15-29-14-22(24(31)21-12-7-16(2)27-25(21)29)34(32,33)20-10-8-18(26)9-11-20/h4-14H,3,15H2,1-2H3,(H,28,30). The molecule has 2 heterocycles. The van der Waals surface area contributed by atoms with Crippen LogP contribution in [-0.2, 0) is 27.6 Å². The van der Waals surface area contributed by atoms with Gasteiger partial charge in [-0.1, -0.05) is 30.7 Å². The molecule has 0 fully saturated rings. The summed E-state index contributed by atoms with van der Waals surface area (Å²) in [5.74, 6) is -0.378. The van der Waals surface area contributed by atoms with Crippen LogP contribution in [0.1, 0.15) is 18.2 Å². The minimum absolute atomic E-state index is 0.0687. The van der Waals surface area contributed by atoms with Gasteiger partial charge in [0.05, 0.1) is 10.3 Å². The van der Waals surface area contributed by atoms with Crippen LogP contribution >= 0.6 is 11.6 Å². The van der Waals surface area contributed by atoms with Crippen molar-refractivity contribution in [1.82, 2.24) is 9.55 Å². The summed E-state index contributed by atoms with van der Waals surface area (Å²) in [4.78, 5) is 29.9. The molecular formula is C25H22ClN3O4S. The first-order valence-corrected chi connectivity index (χ1v) is 12.5. The van der Waals surface area contributed by atoms with Crippen molar-refractivity contribution in [2.24, 2.45) is 0 Å². The minimum Gasteiger partial charge on any atom is -0.325 e. The van der Waals surface area contributed by atoms with E-state index in [0.29, 0.717) is 16.4 Å². The number of pyridine rings is 2. The predicted octanol–water partition coefficient (Wildman–Crippen LogP) is 4.39. The summed E-state index contributed by atoms with van der Waals surface area (Å²) in [5.41, 5.74) is 1.89. The number of nitrogens with one attached hydrogen (secondary N) is 1. The molecule has 1 amide bonds. The minimum atomic E-state index is -4.17. The number of hydrogen-bond acceptors (Lipinski definition) is 5. The number of rotatable bonds is 6. The molecule has 0 spiro atoms. The summed E-state index contributed by atoms with van der Waals surface area (Å²) in [6.07, 6.45) is 2.01. The van der Waals surface area contributed by atoms with Crippen LogP contribution in [-0.4, -0.2) is 23.9 Å². The Kier molecular flexibility index (Phi) is 6.54. The molecule has 0 unspecified atom stereocenters. The van der Waals surface area contributed by atoms with E-state index in [2.05, 4.69) is 10.3 Å². The number of anilines is 1. The average Bonchev–Trinajstić information content (AvgIpc) is 2.81. The van der Waals surface area contributed by atoms with Gasteiger partial charge in [0.2, 0.25) is 21.2 Å². The second kappa shape index (κ2) is 9.40. The fourth-order valence-electron chi connectivity index (χ4n) is 3.61. The first-order chi connectivity index (χ1) is 16.2. The molecule has 9 heteroatoms. The molecule has 4 rings (SSSR count). The lowest BCUT2D eigenvalue weighted by Gasteiger charge is -2.14. The summed E-state index contributed by atoms with van der Waals surface area (Å²) in [6.45, 7) is 3.54. The molecule has 2 aromatic heterocycles. The fraction of sp³-hybridized carbons (Fsp3) is 0.160. The van der Waals surface area contributed by atoms with Crippen LogP contribution in [0.5, 0.6) is 0 Å². The van der Waals surface area contributed by atoms with Crippen LogP contribution in [0.15, 0.2) is 81.4 Å². The number of fused-ring (bicyclic) bond motifs is 1. The maximum Gasteiger partial charge on any atom is 0.244 e. The number of hydrogen-bond donors (Lipinski definition) is 1. The zero-order valence-electron chi connectivity index (χ0n) is 18.6. The first kappa shape index (κ1) is 23.7. The second-order valence-corrected chi connectivity index (χ2v) is 10.2. The molecule has 0 atom stereocenters. The molecule has 0 aliphatic rings. The largest absolute Gasteiger partial charge is 0.325 e. The van der Waals surface area contributed by atoms with Crippen LogP contribution < -0.4 is 10.7 Å². The Labute approximate surface area is 202 Å². The topological polar surface area (TPSA) is 98.1 Å². The highest BCUT2D eigenvalue weighted by molar-refractivity contribution is 7.91. The van der Waals surface area contributed by atoms with Crippen molar-refractivity contribution in [3.63, 3.8) is 0 Å². The first-order valence-electron chi connectivity index (χ1n) is 10.6. The van der Waals surface area contributed by atoms with Gasteiger partial charge in [-0.15, -0.1) is 0 Å². The number of carbonyl (C=O) groups excluding carboxylic acids is 1. The zero-order valence-corrected chi connectivity index (χ0v) is 20.2. The highest BCUT2D eigenvalue weighted by Gasteiger charge is 2.25. The van der Waals surface area contributed by atoms with Crippen LogP contribution in [0.2, 0.25) is 5.02 Å². The monoisotopic (exact) mass is 495 g/mol. The zero-order chi connectivity index (χ0) is 24.5. The maximum absolute atomic E-state index is 13.3.